The Hall–Kier alpha value is -2.02. The molecule has 0 fully saturated rings. The Labute approximate surface area is 101 Å². The zero-order chi connectivity index (χ0) is 12.3. The van der Waals surface area contributed by atoms with Gasteiger partial charge in [0.1, 0.15) is 6.61 Å². The van der Waals surface area contributed by atoms with Crippen LogP contribution in [0.2, 0.25) is 0 Å². The molecule has 7 heteroatoms. The van der Waals surface area contributed by atoms with E-state index >= 15 is 0 Å². The normalized spacial score (nSPS) is 10.2. The van der Waals surface area contributed by atoms with E-state index in [-0.39, 0.29) is 18.2 Å². The van der Waals surface area contributed by atoms with Gasteiger partial charge in [-0.25, -0.2) is 9.97 Å². The molecule has 2 rings (SSSR count). The molecular weight excluding hydrogens is 242 g/mol. The lowest BCUT2D eigenvalue weighted by Gasteiger charge is -2.04. The van der Waals surface area contributed by atoms with Crippen LogP contribution in [0.15, 0.2) is 23.2 Å². The molecule has 0 N–H and O–H groups in total. The Bertz CT molecular complexity index is 528. The number of aromatic nitrogens is 2. The summed E-state index contributed by atoms with van der Waals surface area (Å²) in [5, 5.41) is 12.6. The predicted octanol–water partition coefficient (Wildman–Crippen LogP) is 2.33. The fourth-order valence-corrected chi connectivity index (χ4v) is 1.78. The van der Waals surface area contributed by atoms with Crippen LogP contribution in [0.1, 0.15) is 11.3 Å². The topological polar surface area (TPSA) is 78.2 Å². The van der Waals surface area contributed by atoms with Gasteiger partial charge in [-0.1, -0.05) is 0 Å². The monoisotopic (exact) mass is 251 g/mol. The van der Waals surface area contributed by atoms with Gasteiger partial charge >= 0.3 is 5.69 Å². The third-order valence-electron chi connectivity index (χ3n) is 2.01. The van der Waals surface area contributed by atoms with Crippen LogP contribution >= 0.6 is 11.3 Å². The Balaban J connectivity index is 2.17. The standard InChI is InChI=1S/C10H9N3O3S/c1-7-2-9(13(14)15)10(11-3-7)16-4-8-5-17-6-12-8/h2-3,5-6H,4H2,1H3. The molecule has 0 saturated carbocycles. The van der Waals surface area contributed by atoms with Crippen LogP contribution in [-0.2, 0) is 6.61 Å². The van der Waals surface area contributed by atoms with Gasteiger partial charge < -0.3 is 4.74 Å². The van der Waals surface area contributed by atoms with Crippen LogP contribution in [0, 0.1) is 17.0 Å². The summed E-state index contributed by atoms with van der Waals surface area (Å²) in [5.41, 5.74) is 3.00. The highest BCUT2D eigenvalue weighted by atomic mass is 32.1. The van der Waals surface area contributed by atoms with E-state index in [4.69, 9.17) is 4.74 Å². The third-order valence-corrected chi connectivity index (χ3v) is 2.64. The molecule has 17 heavy (non-hydrogen) atoms. The van der Waals surface area contributed by atoms with E-state index in [1.54, 1.807) is 12.4 Å². The van der Waals surface area contributed by atoms with Crippen LogP contribution in [0.4, 0.5) is 5.69 Å². The smallest absolute Gasteiger partial charge is 0.331 e. The molecule has 88 valence electrons. The zero-order valence-corrected chi connectivity index (χ0v) is 9.81. The highest BCUT2D eigenvalue weighted by Gasteiger charge is 2.17. The minimum atomic E-state index is -0.504. The van der Waals surface area contributed by atoms with Crippen molar-refractivity contribution in [3.05, 3.63) is 44.5 Å². The molecule has 2 aromatic heterocycles. The second kappa shape index (κ2) is 4.88. The molecule has 0 bridgehead atoms. The molecule has 0 spiro atoms. The number of rotatable bonds is 4. The Morgan fingerprint density at radius 1 is 1.53 bits per heavy atom. The van der Waals surface area contributed by atoms with Gasteiger partial charge in [-0.15, -0.1) is 11.3 Å². The van der Waals surface area contributed by atoms with E-state index in [9.17, 15) is 10.1 Å². The minimum absolute atomic E-state index is 0.0219. The van der Waals surface area contributed by atoms with Crippen molar-refractivity contribution in [2.45, 2.75) is 13.5 Å². The van der Waals surface area contributed by atoms with Crippen LogP contribution in [0.3, 0.4) is 0 Å². The van der Waals surface area contributed by atoms with E-state index in [0.717, 1.165) is 11.3 Å². The van der Waals surface area contributed by atoms with Gasteiger partial charge in [0, 0.05) is 17.6 Å². The van der Waals surface area contributed by atoms with Gasteiger partial charge in [0.25, 0.3) is 5.88 Å². The second-order valence-electron chi connectivity index (χ2n) is 3.36. The number of hydrogen-bond donors (Lipinski definition) is 0. The first-order chi connectivity index (χ1) is 8.16. The Kier molecular flexibility index (Phi) is 3.29. The summed E-state index contributed by atoms with van der Waals surface area (Å²) in [5.74, 6) is 0.0219. The number of pyridine rings is 1. The molecular formula is C10H9N3O3S. The lowest BCUT2D eigenvalue weighted by Crippen LogP contribution is -2.01. The van der Waals surface area contributed by atoms with Gasteiger partial charge in [-0.3, -0.25) is 10.1 Å². The quantitative estimate of drug-likeness (QED) is 0.615. The third kappa shape index (κ3) is 2.76. The van der Waals surface area contributed by atoms with E-state index in [1.165, 1.54) is 23.6 Å². The number of aryl methyl sites for hydroxylation is 1. The number of hydrogen-bond acceptors (Lipinski definition) is 6. The summed E-state index contributed by atoms with van der Waals surface area (Å²) in [6.45, 7) is 1.92. The van der Waals surface area contributed by atoms with Gasteiger partial charge in [-0.2, -0.15) is 0 Å². The number of ether oxygens (including phenoxy) is 1. The van der Waals surface area contributed by atoms with Crippen molar-refractivity contribution >= 4 is 17.0 Å². The zero-order valence-electron chi connectivity index (χ0n) is 8.99. The van der Waals surface area contributed by atoms with E-state index in [0.29, 0.717) is 0 Å². The van der Waals surface area contributed by atoms with Gasteiger partial charge in [0.2, 0.25) is 0 Å². The van der Waals surface area contributed by atoms with Crippen LogP contribution in [0.25, 0.3) is 0 Å². The van der Waals surface area contributed by atoms with Crippen molar-refractivity contribution in [2.75, 3.05) is 0 Å². The first-order valence-electron chi connectivity index (χ1n) is 4.77. The molecule has 0 aromatic carbocycles. The molecule has 0 radical (unpaired) electrons. The van der Waals surface area contributed by atoms with Crippen molar-refractivity contribution in [3.63, 3.8) is 0 Å². The van der Waals surface area contributed by atoms with Gasteiger partial charge in [-0.05, 0) is 12.5 Å². The van der Waals surface area contributed by atoms with Crippen LogP contribution < -0.4 is 4.74 Å². The summed E-state index contributed by atoms with van der Waals surface area (Å²) in [7, 11) is 0. The van der Waals surface area contributed by atoms with E-state index < -0.39 is 4.92 Å². The van der Waals surface area contributed by atoms with Crippen molar-refractivity contribution in [1.82, 2.24) is 9.97 Å². The Morgan fingerprint density at radius 2 is 2.35 bits per heavy atom. The molecule has 6 nitrogen and oxygen atoms in total. The molecule has 0 aliphatic rings. The molecule has 0 saturated heterocycles. The summed E-state index contributed by atoms with van der Waals surface area (Å²) >= 11 is 1.44. The largest absolute Gasteiger partial charge is 0.466 e. The SMILES string of the molecule is Cc1cnc(OCc2cscn2)c([N+](=O)[O-])c1. The Morgan fingerprint density at radius 3 is 3.00 bits per heavy atom. The van der Waals surface area contributed by atoms with Crippen LogP contribution in [0.5, 0.6) is 5.88 Å². The van der Waals surface area contributed by atoms with Crippen molar-refractivity contribution < 1.29 is 9.66 Å². The first kappa shape index (κ1) is 11.5. The van der Waals surface area contributed by atoms with Crippen molar-refractivity contribution in [3.8, 4) is 5.88 Å². The lowest BCUT2D eigenvalue weighted by molar-refractivity contribution is -0.386. The first-order valence-corrected chi connectivity index (χ1v) is 5.72. The molecule has 2 aromatic rings. The van der Waals surface area contributed by atoms with Crippen molar-refractivity contribution in [1.29, 1.82) is 0 Å². The average molecular weight is 251 g/mol. The number of thiazole rings is 1. The number of nitro groups is 1. The van der Waals surface area contributed by atoms with Crippen molar-refractivity contribution in [2.24, 2.45) is 0 Å². The molecule has 0 aliphatic heterocycles. The summed E-state index contributed by atoms with van der Waals surface area (Å²) < 4.78 is 5.29. The summed E-state index contributed by atoms with van der Waals surface area (Å²) in [6, 6.07) is 1.43. The highest BCUT2D eigenvalue weighted by Crippen LogP contribution is 2.25. The highest BCUT2D eigenvalue weighted by molar-refractivity contribution is 7.07. The van der Waals surface area contributed by atoms with Crippen LogP contribution in [-0.4, -0.2) is 14.9 Å². The fraction of sp³-hybridized carbons (Fsp3) is 0.200. The van der Waals surface area contributed by atoms with E-state index in [2.05, 4.69) is 9.97 Å². The molecule has 0 aliphatic carbocycles. The van der Waals surface area contributed by atoms with E-state index in [1.807, 2.05) is 5.38 Å². The average Bonchev–Trinajstić information content (AvgIpc) is 2.80. The summed E-state index contributed by atoms with van der Waals surface area (Å²) in [6.07, 6.45) is 1.53. The number of nitrogens with zero attached hydrogens (tertiary/aromatic N) is 3. The maximum Gasteiger partial charge on any atom is 0.331 e. The predicted molar refractivity (Wildman–Crippen MR) is 62.1 cm³/mol. The van der Waals surface area contributed by atoms with Gasteiger partial charge in [0.05, 0.1) is 16.1 Å². The maximum atomic E-state index is 10.8. The molecule has 0 atom stereocenters. The molecule has 0 amide bonds. The molecule has 2 heterocycles. The molecule has 0 unspecified atom stereocenters. The summed E-state index contributed by atoms with van der Waals surface area (Å²) in [4.78, 5) is 18.2. The minimum Gasteiger partial charge on any atom is -0.466 e. The fourth-order valence-electron chi connectivity index (χ4n) is 1.23. The van der Waals surface area contributed by atoms with Gasteiger partial charge in [0.15, 0.2) is 0 Å². The maximum absolute atomic E-state index is 10.8. The second-order valence-corrected chi connectivity index (χ2v) is 4.08. The lowest BCUT2D eigenvalue weighted by atomic mass is 10.3.